The molecular formula is C31H28N4O4S. The van der Waals surface area contributed by atoms with E-state index in [2.05, 4.69) is 15.6 Å². The number of carbonyl (C=O) groups excluding carboxylic acids is 2. The molecular weight excluding hydrogens is 524 g/mol. The van der Waals surface area contributed by atoms with Gasteiger partial charge in [0, 0.05) is 23.1 Å². The summed E-state index contributed by atoms with van der Waals surface area (Å²) < 4.78 is 7.04. The summed E-state index contributed by atoms with van der Waals surface area (Å²) in [5.74, 6) is 0.220. The lowest BCUT2D eigenvalue weighted by Gasteiger charge is -2.10. The van der Waals surface area contributed by atoms with Crippen LogP contribution in [0, 0.1) is 13.8 Å². The van der Waals surface area contributed by atoms with Crippen LogP contribution in [0.3, 0.4) is 0 Å². The standard InChI is InChI=1S/C31H28N4O4S/c1-4-8-22-18-26(36)35-27(29(37)33-23-16-19(2)15-20(3)17-23)28(40-31(35)34-22)30(38)32-21-11-13-25(14-12-21)39-24-9-6-5-7-10-24/h5-7,9-18H,4,8H2,1-3H3,(H,32,38)(H,33,37). The van der Waals surface area contributed by atoms with Crippen molar-refractivity contribution in [1.29, 1.82) is 0 Å². The van der Waals surface area contributed by atoms with Gasteiger partial charge < -0.3 is 15.4 Å². The number of nitrogens with zero attached hydrogens (tertiary/aromatic N) is 2. The van der Waals surface area contributed by atoms with Crippen LogP contribution in [0.15, 0.2) is 83.7 Å². The van der Waals surface area contributed by atoms with Crippen LogP contribution in [0.2, 0.25) is 0 Å². The largest absolute Gasteiger partial charge is 0.457 e. The summed E-state index contributed by atoms with van der Waals surface area (Å²) >= 11 is 1.01. The first-order valence-corrected chi connectivity index (χ1v) is 13.7. The first-order valence-electron chi connectivity index (χ1n) is 12.9. The average molecular weight is 553 g/mol. The van der Waals surface area contributed by atoms with Crippen LogP contribution in [-0.2, 0) is 6.42 Å². The van der Waals surface area contributed by atoms with E-state index in [0.717, 1.165) is 28.9 Å². The van der Waals surface area contributed by atoms with E-state index in [4.69, 9.17) is 4.74 Å². The number of nitrogens with one attached hydrogen (secondary N) is 2. The van der Waals surface area contributed by atoms with Gasteiger partial charge in [-0.1, -0.05) is 48.9 Å². The number of carbonyl (C=O) groups is 2. The molecule has 0 unspecified atom stereocenters. The van der Waals surface area contributed by atoms with Gasteiger partial charge in [-0.05, 0) is 79.9 Å². The lowest BCUT2D eigenvalue weighted by molar-refractivity contribution is 0.0989. The number of para-hydroxylation sites is 1. The highest BCUT2D eigenvalue weighted by Gasteiger charge is 2.26. The van der Waals surface area contributed by atoms with E-state index in [-0.39, 0.29) is 10.6 Å². The van der Waals surface area contributed by atoms with E-state index in [9.17, 15) is 14.4 Å². The normalized spacial score (nSPS) is 10.9. The van der Waals surface area contributed by atoms with Gasteiger partial charge in [0.1, 0.15) is 22.1 Å². The monoisotopic (exact) mass is 552 g/mol. The third-order valence-electron chi connectivity index (χ3n) is 6.07. The van der Waals surface area contributed by atoms with Crippen LogP contribution in [0.5, 0.6) is 11.5 Å². The van der Waals surface area contributed by atoms with E-state index in [0.29, 0.717) is 39.9 Å². The summed E-state index contributed by atoms with van der Waals surface area (Å²) in [5, 5.41) is 5.70. The Kier molecular flexibility index (Phi) is 7.75. The second-order valence-corrected chi connectivity index (χ2v) is 10.4. The smallest absolute Gasteiger partial charge is 0.274 e. The topological polar surface area (TPSA) is 102 Å². The number of aryl methyl sites for hydroxylation is 3. The number of rotatable bonds is 8. The van der Waals surface area contributed by atoms with E-state index >= 15 is 0 Å². The number of anilines is 2. The lowest BCUT2D eigenvalue weighted by Crippen LogP contribution is -2.25. The van der Waals surface area contributed by atoms with E-state index < -0.39 is 17.4 Å². The fourth-order valence-corrected chi connectivity index (χ4v) is 5.46. The maximum absolute atomic E-state index is 13.6. The molecule has 0 atom stereocenters. The second kappa shape index (κ2) is 11.5. The molecule has 5 rings (SSSR count). The Hall–Kier alpha value is -4.76. The molecule has 0 aliphatic carbocycles. The molecule has 40 heavy (non-hydrogen) atoms. The van der Waals surface area contributed by atoms with Crippen molar-refractivity contribution in [1.82, 2.24) is 9.38 Å². The molecule has 0 spiro atoms. The molecule has 0 saturated carbocycles. The van der Waals surface area contributed by atoms with Crippen LogP contribution in [0.4, 0.5) is 11.4 Å². The lowest BCUT2D eigenvalue weighted by atomic mass is 10.1. The molecule has 2 heterocycles. The molecule has 0 bridgehead atoms. The molecule has 0 saturated heterocycles. The van der Waals surface area contributed by atoms with Gasteiger partial charge in [0.15, 0.2) is 4.96 Å². The summed E-state index contributed by atoms with van der Waals surface area (Å²) in [6.07, 6.45) is 1.43. The molecule has 2 N–H and O–H groups in total. The van der Waals surface area contributed by atoms with Gasteiger partial charge in [-0.15, -0.1) is 0 Å². The Morgan fingerprint density at radius 1 is 0.850 bits per heavy atom. The Labute approximate surface area is 235 Å². The van der Waals surface area contributed by atoms with Gasteiger partial charge in [0.2, 0.25) is 0 Å². The highest BCUT2D eigenvalue weighted by atomic mass is 32.1. The fraction of sp³-hybridized carbons (Fsp3) is 0.161. The zero-order valence-corrected chi connectivity index (χ0v) is 23.2. The number of thiazole rings is 1. The van der Waals surface area contributed by atoms with Gasteiger partial charge in [0.25, 0.3) is 17.4 Å². The first-order chi connectivity index (χ1) is 19.3. The molecule has 0 radical (unpaired) electrons. The fourth-order valence-electron chi connectivity index (χ4n) is 4.42. The Bertz CT molecular complexity index is 1740. The van der Waals surface area contributed by atoms with E-state index in [1.54, 1.807) is 24.3 Å². The van der Waals surface area contributed by atoms with Crippen molar-refractivity contribution in [3.8, 4) is 11.5 Å². The van der Waals surface area contributed by atoms with Gasteiger partial charge >= 0.3 is 0 Å². The summed E-state index contributed by atoms with van der Waals surface area (Å²) in [7, 11) is 0. The van der Waals surface area contributed by atoms with Gasteiger partial charge in [-0.25, -0.2) is 9.38 Å². The maximum Gasteiger partial charge on any atom is 0.274 e. The van der Waals surface area contributed by atoms with Crippen molar-refractivity contribution < 1.29 is 14.3 Å². The minimum Gasteiger partial charge on any atom is -0.457 e. The summed E-state index contributed by atoms with van der Waals surface area (Å²) in [6, 6.07) is 23.4. The zero-order chi connectivity index (χ0) is 28.2. The minimum absolute atomic E-state index is 0.0544. The number of hydrogen-bond donors (Lipinski definition) is 2. The summed E-state index contributed by atoms with van der Waals surface area (Å²) in [4.78, 5) is 45.2. The van der Waals surface area contributed by atoms with Gasteiger partial charge in [-0.3, -0.25) is 14.4 Å². The third kappa shape index (κ3) is 5.94. The molecule has 3 aromatic carbocycles. The SMILES string of the molecule is CCCc1cc(=O)n2c(C(=O)Nc3cc(C)cc(C)c3)c(C(=O)Nc3ccc(Oc4ccccc4)cc3)sc2n1. The van der Waals surface area contributed by atoms with Crippen LogP contribution >= 0.6 is 11.3 Å². The number of benzene rings is 3. The van der Waals surface area contributed by atoms with E-state index in [1.807, 2.05) is 69.3 Å². The van der Waals surface area contributed by atoms with Crippen LogP contribution in [-0.4, -0.2) is 21.2 Å². The molecule has 5 aromatic rings. The third-order valence-corrected chi connectivity index (χ3v) is 7.11. The van der Waals surface area contributed by atoms with Crippen LogP contribution in [0.25, 0.3) is 4.96 Å². The molecule has 0 aliphatic heterocycles. The number of aromatic nitrogens is 2. The number of ether oxygens (including phenoxy) is 1. The van der Waals surface area contributed by atoms with Crippen molar-refractivity contribution in [2.75, 3.05) is 10.6 Å². The Morgan fingerprint density at radius 3 is 2.17 bits per heavy atom. The summed E-state index contributed by atoms with van der Waals surface area (Å²) in [5.41, 5.74) is 3.20. The van der Waals surface area contributed by atoms with Crippen molar-refractivity contribution in [3.63, 3.8) is 0 Å². The maximum atomic E-state index is 13.6. The molecule has 2 amide bonds. The van der Waals surface area contributed by atoms with Gasteiger partial charge in [-0.2, -0.15) is 0 Å². The minimum atomic E-state index is -0.569. The van der Waals surface area contributed by atoms with Crippen molar-refractivity contribution in [2.45, 2.75) is 33.6 Å². The predicted octanol–water partition coefficient (Wildman–Crippen LogP) is 6.62. The van der Waals surface area contributed by atoms with Crippen LogP contribution in [0.1, 0.15) is 50.3 Å². The van der Waals surface area contributed by atoms with Gasteiger partial charge in [0.05, 0.1) is 0 Å². The molecule has 0 aliphatic rings. The highest BCUT2D eigenvalue weighted by molar-refractivity contribution is 7.19. The van der Waals surface area contributed by atoms with E-state index in [1.165, 1.54) is 10.5 Å². The second-order valence-electron chi connectivity index (χ2n) is 9.46. The molecule has 202 valence electrons. The summed E-state index contributed by atoms with van der Waals surface area (Å²) in [6.45, 7) is 5.86. The van der Waals surface area contributed by atoms with Crippen molar-refractivity contribution in [2.24, 2.45) is 0 Å². The van der Waals surface area contributed by atoms with Crippen LogP contribution < -0.4 is 20.9 Å². The van der Waals surface area contributed by atoms with Crippen molar-refractivity contribution >= 4 is 39.5 Å². The Balaban J connectivity index is 1.48. The predicted molar refractivity (Wildman–Crippen MR) is 158 cm³/mol. The molecule has 2 aromatic heterocycles. The number of fused-ring (bicyclic) bond motifs is 1. The number of hydrogen-bond acceptors (Lipinski definition) is 6. The van der Waals surface area contributed by atoms with Crippen molar-refractivity contribution in [3.05, 3.63) is 117 Å². The highest BCUT2D eigenvalue weighted by Crippen LogP contribution is 2.26. The molecule has 0 fully saturated rings. The zero-order valence-electron chi connectivity index (χ0n) is 22.4. The molecule has 8 nitrogen and oxygen atoms in total. The average Bonchev–Trinajstić information content (AvgIpc) is 3.31. The Morgan fingerprint density at radius 2 is 1.50 bits per heavy atom. The quantitative estimate of drug-likeness (QED) is 0.225. The number of amides is 2. The first kappa shape index (κ1) is 26.8. The molecule has 9 heteroatoms.